The molecule has 1 rings (SSSR count). The lowest BCUT2D eigenvalue weighted by molar-refractivity contribution is 0.161. The third kappa shape index (κ3) is 1.80. The van der Waals surface area contributed by atoms with Crippen molar-refractivity contribution >= 4 is 0 Å². The van der Waals surface area contributed by atoms with Gasteiger partial charge in [-0.1, -0.05) is 0 Å². The first-order valence-corrected chi connectivity index (χ1v) is 4.69. The Balaban J connectivity index is 3.09. The van der Waals surface area contributed by atoms with Gasteiger partial charge in [-0.2, -0.15) is 5.26 Å². The second-order valence-electron chi connectivity index (χ2n) is 3.57. The van der Waals surface area contributed by atoms with E-state index in [1.807, 2.05) is 19.9 Å². The molecule has 0 aliphatic carbocycles. The van der Waals surface area contributed by atoms with Crippen molar-refractivity contribution in [3.05, 3.63) is 23.0 Å². The van der Waals surface area contributed by atoms with E-state index in [2.05, 4.69) is 17.6 Å². The minimum absolute atomic E-state index is 0.280. The average Bonchev–Trinajstić information content (AvgIpc) is 2.41. The molecule has 0 spiro atoms. The molecule has 3 nitrogen and oxygen atoms in total. The van der Waals surface area contributed by atoms with Crippen LogP contribution in [-0.4, -0.2) is 18.3 Å². The van der Waals surface area contributed by atoms with Crippen molar-refractivity contribution in [3.63, 3.8) is 0 Å². The smallest absolute Gasteiger partial charge is 0.101 e. The van der Waals surface area contributed by atoms with Crippen molar-refractivity contribution in [2.75, 3.05) is 13.7 Å². The van der Waals surface area contributed by atoms with Crippen LogP contribution in [0.3, 0.4) is 0 Å². The fourth-order valence-electron chi connectivity index (χ4n) is 1.88. The van der Waals surface area contributed by atoms with Crippen LogP contribution in [0.2, 0.25) is 0 Å². The fourth-order valence-corrected chi connectivity index (χ4v) is 1.88. The molecule has 0 aromatic carbocycles. The largest absolute Gasteiger partial charge is 0.383 e. The van der Waals surface area contributed by atoms with Crippen LogP contribution in [0, 0.1) is 25.2 Å². The fraction of sp³-hybridized carbons (Fsp3) is 0.545. The first-order valence-electron chi connectivity index (χ1n) is 4.69. The first-order chi connectivity index (χ1) is 6.61. The minimum atomic E-state index is 0.280. The molecule has 14 heavy (non-hydrogen) atoms. The molecule has 0 amide bonds. The highest BCUT2D eigenvalue weighted by Crippen LogP contribution is 2.19. The van der Waals surface area contributed by atoms with E-state index >= 15 is 0 Å². The summed E-state index contributed by atoms with van der Waals surface area (Å²) in [4.78, 5) is 0. The van der Waals surface area contributed by atoms with Gasteiger partial charge in [0.2, 0.25) is 0 Å². The van der Waals surface area contributed by atoms with Gasteiger partial charge in [0.1, 0.15) is 6.07 Å². The van der Waals surface area contributed by atoms with Crippen molar-refractivity contribution in [2.24, 2.45) is 0 Å². The Morgan fingerprint density at radius 1 is 1.57 bits per heavy atom. The molecule has 1 atom stereocenters. The van der Waals surface area contributed by atoms with Gasteiger partial charge in [0.25, 0.3) is 0 Å². The van der Waals surface area contributed by atoms with Crippen LogP contribution in [0.25, 0.3) is 0 Å². The zero-order valence-corrected chi connectivity index (χ0v) is 9.16. The summed E-state index contributed by atoms with van der Waals surface area (Å²) < 4.78 is 7.25. The molecule has 1 heterocycles. The topological polar surface area (TPSA) is 38.0 Å². The van der Waals surface area contributed by atoms with E-state index in [1.54, 1.807) is 7.11 Å². The number of hydrogen-bond acceptors (Lipinski definition) is 2. The van der Waals surface area contributed by atoms with E-state index < -0.39 is 0 Å². The highest BCUT2D eigenvalue weighted by atomic mass is 16.5. The molecular formula is C11H16N2O. The van der Waals surface area contributed by atoms with Crippen molar-refractivity contribution < 1.29 is 4.74 Å². The van der Waals surface area contributed by atoms with Gasteiger partial charge in [0.05, 0.1) is 18.2 Å². The number of methoxy groups -OCH3 is 1. The minimum Gasteiger partial charge on any atom is -0.383 e. The molecule has 0 aliphatic rings. The van der Waals surface area contributed by atoms with Crippen LogP contribution in [0.15, 0.2) is 6.07 Å². The van der Waals surface area contributed by atoms with Crippen LogP contribution in [0.4, 0.5) is 0 Å². The molecule has 0 saturated heterocycles. The summed E-state index contributed by atoms with van der Waals surface area (Å²) in [7, 11) is 1.69. The second-order valence-corrected chi connectivity index (χ2v) is 3.57. The number of aromatic nitrogens is 1. The van der Waals surface area contributed by atoms with Gasteiger partial charge in [-0.15, -0.1) is 0 Å². The Bertz CT molecular complexity index is 360. The summed E-state index contributed by atoms with van der Waals surface area (Å²) in [5, 5.41) is 8.87. The normalized spacial score (nSPS) is 12.5. The number of aryl methyl sites for hydroxylation is 1. The highest BCUT2D eigenvalue weighted by Gasteiger charge is 2.13. The maximum atomic E-state index is 8.87. The van der Waals surface area contributed by atoms with Gasteiger partial charge in [-0.05, 0) is 26.8 Å². The third-order valence-electron chi connectivity index (χ3n) is 2.45. The van der Waals surface area contributed by atoms with Crippen LogP contribution in [0.1, 0.15) is 29.9 Å². The van der Waals surface area contributed by atoms with Crippen molar-refractivity contribution in [1.29, 1.82) is 5.26 Å². The van der Waals surface area contributed by atoms with Crippen LogP contribution >= 0.6 is 0 Å². The van der Waals surface area contributed by atoms with Crippen LogP contribution in [-0.2, 0) is 4.74 Å². The molecule has 3 heteroatoms. The molecule has 0 saturated carbocycles. The molecule has 0 N–H and O–H groups in total. The van der Waals surface area contributed by atoms with Crippen LogP contribution < -0.4 is 0 Å². The van der Waals surface area contributed by atoms with Gasteiger partial charge in [0.15, 0.2) is 0 Å². The molecular weight excluding hydrogens is 176 g/mol. The highest BCUT2D eigenvalue weighted by molar-refractivity contribution is 5.37. The molecule has 1 aromatic rings. The van der Waals surface area contributed by atoms with E-state index in [0.29, 0.717) is 6.61 Å². The summed E-state index contributed by atoms with van der Waals surface area (Å²) in [6.45, 7) is 6.74. The van der Waals surface area contributed by atoms with Gasteiger partial charge >= 0.3 is 0 Å². The Kier molecular flexibility index (Phi) is 3.32. The number of ether oxygens (including phenoxy) is 1. The molecule has 0 aliphatic heterocycles. The monoisotopic (exact) mass is 192 g/mol. The van der Waals surface area contributed by atoms with Gasteiger partial charge in [-0.25, -0.2) is 0 Å². The maximum absolute atomic E-state index is 8.87. The van der Waals surface area contributed by atoms with Crippen molar-refractivity contribution in [2.45, 2.75) is 26.8 Å². The van der Waals surface area contributed by atoms with E-state index in [4.69, 9.17) is 10.00 Å². The second kappa shape index (κ2) is 4.30. The summed E-state index contributed by atoms with van der Waals surface area (Å²) >= 11 is 0. The zero-order chi connectivity index (χ0) is 10.7. The lowest BCUT2D eigenvalue weighted by Crippen LogP contribution is -2.13. The Hall–Kier alpha value is -1.27. The summed E-state index contributed by atoms with van der Waals surface area (Å²) in [6, 6.07) is 4.39. The quantitative estimate of drug-likeness (QED) is 0.736. The maximum Gasteiger partial charge on any atom is 0.101 e. The Morgan fingerprint density at radius 3 is 2.64 bits per heavy atom. The first kappa shape index (κ1) is 10.8. The lowest BCUT2D eigenvalue weighted by Gasteiger charge is -2.17. The van der Waals surface area contributed by atoms with Gasteiger partial charge in [-0.3, -0.25) is 0 Å². The number of nitrogens with zero attached hydrogens (tertiary/aromatic N) is 2. The van der Waals surface area contributed by atoms with E-state index in [9.17, 15) is 0 Å². The standard InChI is InChI=1S/C11H16N2O/c1-8-5-11(6-12)10(3)13(8)9(2)7-14-4/h5,9H,7H2,1-4H3. The predicted molar refractivity (Wildman–Crippen MR) is 55.2 cm³/mol. The molecule has 1 unspecified atom stereocenters. The number of rotatable bonds is 3. The van der Waals surface area contributed by atoms with Gasteiger partial charge in [0, 0.05) is 18.5 Å². The van der Waals surface area contributed by atoms with Gasteiger partial charge < -0.3 is 9.30 Å². The predicted octanol–water partition coefficient (Wildman–Crippen LogP) is 2.18. The molecule has 0 bridgehead atoms. The van der Waals surface area contributed by atoms with E-state index in [0.717, 1.165) is 17.0 Å². The third-order valence-corrected chi connectivity index (χ3v) is 2.45. The van der Waals surface area contributed by atoms with E-state index in [1.165, 1.54) is 0 Å². The van der Waals surface area contributed by atoms with Crippen molar-refractivity contribution in [1.82, 2.24) is 4.57 Å². The average molecular weight is 192 g/mol. The van der Waals surface area contributed by atoms with E-state index in [-0.39, 0.29) is 6.04 Å². The summed E-state index contributed by atoms with van der Waals surface area (Å²) in [5.74, 6) is 0. The summed E-state index contributed by atoms with van der Waals surface area (Å²) in [6.07, 6.45) is 0. The Labute approximate surface area is 84.9 Å². The van der Waals surface area contributed by atoms with Crippen LogP contribution in [0.5, 0.6) is 0 Å². The Morgan fingerprint density at radius 2 is 2.21 bits per heavy atom. The van der Waals surface area contributed by atoms with Crippen molar-refractivity contribution in [3.8, 4) is 6.07 Å². The molecule has 0 radical (unpaired) electrons. The summed E-state index contributed by atoms with van der Waals surface area (Å²) in [5.41, 5.74) is 2.89. The molecule has 76 valence electrons. The number of hydrogen-bond donors (Lipinski definition) is 0. The SMILES string of the molecule is COCC(C)n1c(C)cc(C#N)c1C. The molecule has 0 fully saturated rings. The molecule has 1 aromatic heterocycles. The zero-order valence-electron chi connectivity index (χ0n) is 9.16. The lowest BCUT2D eigenvalue weighted by atomic mass is 10.2. The number of nitriles is 1.